The predicted octanol–water partition coefficient (Wildman–Crippen LogP) is 3.84. The molecule has 0 aliphatic heterocycles. The minimum absolute atomic E-state index is 0.250. The van der Waals surface area contributed by atoms with E-state index in [9.17, 15) is 0 Å². The first-order valence-corrected chi connectivity index (χ1v) is 9.24. The number of benzene rings is 2. The van der Waals surface area contributed by atoms with E-state index in [2.05, 4.69) is 30.8 Å². The highest BCUT2D eigenvalue weighted by Crippen LogP contribution is 2.13. The summed E-state index contributed by atoms with van der Waals surface area (Å²) in [5.74, 6) is 1.36. The van der Waals surface area contributed by atoms with Crippen molar-refractivity contribution in [2.75, 3.05) is 0 Å². The molecule has 0 unspecified atom stereocenters. The monoisotopic (exact) mass is 376 g/mol. The molecule has 0 fully saturated rings. The Morgan fingerprint density at radius 2 is 0.929 bits per heavy atom. The number of rotatable bonds is 4. The normalized spacial score (nSPS) is 10.8. The van der Waals surface area contributed by atoms with Gasteiger partial charge in [0, 0.05) is 11.1 Å². The lowest BCUT2D eigenvalue weighted by Gasteiger charge is -1.98. The third-order valence-electron chi connectivity index (χ3n) is 3.84. The minimum atomic E-state index is 0.250. The van der Waals surface area contributed by atoms with Crippen LogP contribution in [0.2, 0.25) is 0 Å². The van der Waals surface area contributed by atoms with Crippen molar-refractivity contribution in [2.45, 2.75) is 39.8 Å². The van der Waals surface area contributed by atoms with Gasteiger partial charge in [0.15, 0.2) is 0 Å². The first-order valence-electron chi connectivity index (χ1n) is 9.24. The van der Waals surface area contributed by atoms with Gasteiger partial charge in [-0.1, -0.05) is 60.7 Å². The zero-order valence-corrected chi connectivity index (χ0v) is 16.5. The average Bonchev–Trinajstić information content (AvgIpc) is 3.40. The smallest absolute Gasteiger partial charge is 0.161 e. The van der Waals surface area contributed by atoms with Gasteiger partial charge in [-0.3, -0.25) is 0 Å². The van der Waals surface area contributed by atoms with Gasteiger partial charge in [-0.15, -0.1) is 20.4 Å². The highest BCUT2D eigenvalue weighted by Gasteiger charge is 2.07. The van der Waals surface area contributed by atoms with Crippen molar-refractivity contribution in [3.05, 3.63) is 60.7 Å². The molecule has 0 radical (unpaired) electrons. The molecule has 8 nitrogen and oxygen atoms in total. The van der Waals surface area contributed by atoms with Gasteiger partial charge in [0.25, 0.3) is 0 Å². The SMILES string of the molecule is CC(C)n1nnc(-c2ccccc2)n1.CC(C)n1nnc(-c2ccccc2)n1. The molecule has 0 atom stereocenters. The fourth-order valence-electron chi connectivity index (χ4n) is 2.29. The summed E-state index contributed by atoms with van der Waals surface area (Å²) < 4.78 is 0. The number of aromatic nitrogens is 8. The van der Waals surface area contributed by atoms with Crippen LogP contribution in [0.1, 0.15) is 39.8 Å². The second-order valence-electron chi connectivity index (χ2n) is 6.79. The number of tetrazole rings is 2. The molecular formula is C20H24N8. The maximum Gasteiger partial charge on any atom is 0.204 e. The lowest BCUT2D eigenvalue weighted by atomic mass is 10.2. The lowest BCUT2D eigenvalue weighted by Crippen LogP contribution is -2.04. The highest BCUT2D eigenvalue weighted by atomic mass is 15.6. The maximum atomic E-state index is 4.27. The fourth-order valence-corrected chi connectivity index (χ4v) is 2.29. The van der Waals surface area contributed by atoms with Gasteiger partial charge >= 0.3 is 0 Å². The zero-order valence-electron chi connectivity index (χ0n) is 16.5. The van der Waals surface area contributed by atoms with Crippen LogP contribution in [0.15, 0.2) is 60.7 Å². The van der Waals surface area contributed by atoms with Crippen molar-refractivity contribution in [2.24, 2.45) is 0 Å². The molecule has 0 aliphatic rings. The van der Waals surface area contributed by atoms with E-state index in [1.54, 1.807) is 9.59 Å². The summed E-state index contributed by atoms with van der Waals surface area (Å²) in [6.45, 7) is 8.10. The Kier molecular flexibility index (Phi) is 6.21. The van der Waals surface area contributed by atoms with Crippen molar-refractivity contribution < 1.29 is 0 Å². The van der Waals surface area contributed by atoms with Gasteiger partial charge in [0.1, 0.15) is 0 Å². The molecule has 0 saturated carbocycles. The Hall–Kier alpha value is -3.42. The number of hydrogen-bond acceptors (Lipinski definition) is 6. The molecule has 144 valence electrons. The Bertz CT molecular complexity index is 892. The van der Waals surface area contributed by atoms with Crippen molar-refractivity contribution in [3.63, 3.8) is 0 Å². The molecule has 0 bridgehead atoms. The summed E-state index contributed by atoms with van der Waals surface area (Å²) in [5, 5.41) is 24.5. The van der Waals surface area contributed by atoms with E-state index in [0.717, 1.165) is 11.1 Å². The molecule has 0 spiro atoms. The van der Waals surface area contributed by atoms with E-state index in [0.29, 0.717) is 11.6 Å². The first kappa shape index (κ1) is 19.3. The van der Waals surface area contributed by atoms with Crippen LogP contribution in [-0.2, 0) is 0 Å². The van der Waals surface area contributed by atoms with Gasteiger partial charge in [0.05, 0.1) is 12.1 Å². The third kappa shape index (κ3) is 4.85. The summed E-state index contributed by atoms with van der Waals surface area (Å²) in [6.07, 6.45) is 0. The van der Waals surface area contributed by atoms with Crippen molar-refractivity contribution in [3.8, 4) is 22.8 Å². The van der Waals surface area contributed by atoms with Gasteiger partial charge < -0.3 is 0 Å². The molecule has 4 aromatic rings. The van der Waals surface area contributed by atoms with Crippen LogP contribution >= 0.6 is 0 Å². The van der Waals surface area contributed by atoms with E-state index in [4.69, 9.17) is 0 Å². The molecule has 8 heteroatoms. The highest BCUT2D eigenvalue weighted by molar-refractivity contribution is 5.53. The molecule has 4 rings (SSSR count). The van der Waals surface area contributed by atoms with Crippen LogP contribution in [-0.4, -0.2) is 40.4 Å². The molecule has 2 aromatic carbocycles. The quantitative estimate of drug-likeness (QED) is 0.538. The maximum absolute atomic E-state index is 4.27. The first-order chi connectivity index (χ1) is 13.5. The van der Waals surface area contributed by atoms with Crippen molar-refractivity contribution in [1.29, 1.82) is 0 Å². The summed E-state index contributed by atoms with van der Waals surface area (Å²) in [5.41, 5.74) is 2.00. The summed E-state index contributed by atoms with van der Waals surface area (Å²) in [6, 6.07) is 20.2. The largest absolute Gasteiger partial charge is 0.204 e. The van der Waals surface area contributed by atoms with Gasteiger partial charge in [-0.25, -0.2) is 0 Å². The summed E-state index contributed by atoms with van der Waals surface area (Å²) in [7, 11) is 0. The standard InChI is InChI=1S/2C10H12N4/c2*1-8(2)14-12-10(11-13-14)9-6-4-3-5-7-9/h2*3-8H,1-2H3. The Morgan fingerprint density at radius 3 is 1.21 bits per heavy atom. The van der Waals surface area contributed by atoms with E-state index in [1.807, 2.05) is 88.4 Å². The van der Waals surface area contributed by atoms with Crippen LogP contribution in [0.5, 0.6) is 0 Å². The van der Waals surface area contributed by atoms with Crippen LogP contribution < -0.4 is 0 Å². The van der Waals surface area contributed by atoms with E-state index in [1.165, 1.54) is 0 Å². The Labute approximate surface area is 164 Å². The molecular weight excluding hydrogens is 352 g/mol. The molecule has 0 N–H and O–H groups in total. The van der Waals surface area contributed by atoms with Crippen LogP contribution in [0.25, 0.3) is 22.8 Å². The molecule has 0 amide bonds. The molecule has 28 heavy (non-hydrogen) atoms. The zero-order chi connectivity index (χ0) is 19.9. The molecule has 2 aromatic heterocycles. The number of hydrogen-bond donors (Lipinski definition) is 0. The van der Waals surface area contributed by atoms with Crippen molar-refractivity contribution >= 4 is 0 Å². The Morgan fingerprint density at radius 1 is 0.571 bits per heavy atom. The van der Waals surface area contributed by atoms with Gasteiger partial charge in [-0.05, 0) is 38.1 Å². The second kappa shape index (κ2) is 8.98. The lowest BCUT2D eigenvalue weighted by molar-refractivity contribution is 0.455. The Balaban J connectivity index is 0.000000161. The molecule has 2 heterocycles. The molecule has 0 saturated heterocycles. The minimum Gasteiger partial charge on any atom is -0.161 e. The van der Waals surface area contributed by atoms with Crippen LogP contribution in [0.3, 0.4) is 0 Å². The van der Waals surface area contributed by atoms with Crippen molar-refractivity contribution in [1.82, 2.24) is 40.4 Å². The summed E-state index contributed by atoms with van der Waals surface area (Å²) >= 11 is 0. The second-order valence-corrected chi connectivity index (χ2v) is 6.79. The van der Waals surface area contributed by atoms with Gasteiger partial charge in [-0.2, -0.15) is 9.59 Å². The van der Waals surface area contributed by atoms with E-state index >= 15 is 0 Å². The number of nitrogens with zero attached hydrogens (tertiary/aromatic N) is 8. The van der Waals surface area contributed by atoms with Crippen LogP contribution in [0, 0.1) is 0 Å². The topological polar surface area (TPSA) is 87.2 Å². The molecule has 0 aliphatic carbocycles. The van der Waals surface area contributed by atoms with E-state index in [-0.39, 0.29) is 12.1 Å². The van der Waals surface area contributed by atoms with Crippen LogP contribution in [0.4, 0.5) is 0 Å². The predicted molar refractivity (Wildman–Crippen MR) is 107 cm³/mol. The fraction of sp³-hybridized carbons (Fsp3) is 0.300. The third-order valence-corrected chi connectivity index (χ3v) is 3.84. The van der Waals surface area contributed by atoms with E-state index < -0.39 is 0 Å². The summed E-state index contributed by atoms with van der Waals surface area (Å²) in [4.78, 5) is 3.23. The average molecular weight is 376 g/mol. The van der Waals surface area contributed by atoms with Gasteiger partial charge in [0.2, 0.25) is 11.6 Å².